The Hall–Kier alpha value is -1.93. The van der Waals surface area contributed by atoms with Crippen molar-refractivity contribution in [2.45, 2.75) is 51.0 Å². The van der Waals surface area contributed by atoms with Crippen molar-refractivity contribution >= 4 is 27.3 Å². The normalized spacial score (nSPS) is 21.2. The molecule has 1 aliphatic carbocycles. The van der Waals surface area contributed by atoms with Crippen molar-refractivity contribution in [3.8, 4) is 0 Å². The Morgan fingerprint density at radius 2 is 1.81 bits per heavy atom. The third-order valence-corrected chi connectivity index (χ3v) is 8.02. The van der Waals surface area contributed by atoms with E-state index in [-0.39, 0.29) is 35.3 Å². The Morgan fingerprint density at radius 3 is 2.45 bits per heavy atom. The van der Waals surface area contributed by atoms with E-state index in [9.17, 15) is 18.0 Å². The Kier molecular flexibility index (Phi) is 8.11. The summed E-state index contributed by atoms with van der Waals surface area (Å²) in [6.07, 6.45) is 6.45. The summed E-state index contributed by atoms with van der Waals surface area (Å²) in [4.78, 5) is 29.7. The molecule has 1 aliphatic heterocycles. The van der Waals surface area contributed by atoms with Gasteiger partial charge in [-0.15, -0.1) is 0 Å². The molecule has 2 fully saturated rings. The first-order chi connectivity index (χ1) is 14.7. The minimum absolute atomic E-state index is 0.0222. The third-order valence-electron chi connectivity index (χ3n) is 6.27. The number of anilines is 1. The number of carbonyl (C=O) groups is 2. The van der Waals surface area contributed by atoms with E-state index in [1.54, 1.807) is 29.2 Å². The van der Waals surface area contributed by atoms with Crippen LogP contribution in [0, 0.1) is 5.92 Å². The topological polar surface area (TPSA) is 86.8 Å². The average molecular weight is 450 g/mol. The molecule has 2 amide bonds. The average Bonchev–Trinajstić information content (AvgIpc) is 3.10. The van der Waals surface area contributed by atoms with Gasteiger partial charge in [0.05, 0.1) is 11.5 Å². The summed E-state index contributed by atoms with van der Waals surface area (Å²) in [5.74, 6) is 0.0498. The molecule has 0 spiro atoms. The first-order valence-electron chi connectivity index (χ1n) is 11.3. The Balaban J connectivity index is 1.72. The second-order valence-electron chi connectivity index (χ2n) is 9.12. The molecule has 0 radical (unpaired) electrons. The zero-order valence-corrected chi connectivity index (χ0v) is 19.5. The van der Waals surface area contributed by atoms with Gasteiger partial charge in [-0.05, 0) is 64.5 Å². The minimum atomic E-state index is -3.10. The fourth-order valence-electron chi connectivity index (χ4n) is 4.53. The maximum absolute atomic E-state index is 13.4. The van der Waals surface area contributed by atoms with Crippen molar-refractivity contribution in [2.75, 3.05) is 44.0 Å². The van der Waals surface area contributed by atoms with Gasteiger partial charge in [-0.25, -0.2) is 8.42 Å². The van der Waals surface area contributed by atoms with Gasteiger partial charge in [0, 0.05) is 29.8 Å². The second kappa shape index (κ2) is 10.6. The molecule has 1 saturated carbocycles. The molecule has 2 aliphatic rings. The number of hydrogen-bond donors (Lipinski definition) is 1. The van der Waals surface area contributed by atoms with E-state index in [1.165, 1.54) is 6.42 Å². The summed E-state index contributed by atoms with van der Waals surface area (Å²) in [6.45, 7) is 1.33. The molecule has 0 bridgehead atoms. The van der Waals surface area contributed by atoms with Crippen molar-refractivity contribution in [3.05, 3.63) is 29.8 Å². The van der Waals surface area contributed by atoms with E-state index in [0.29, 0.717) is 24.2 Å². The summed E-state index contributed by atoms with van der Waals surface area (Å²) < 4.78 is 24.0. The quantitative estimate of drug-likeness (QED) is 0.659. The van der Waals surface area contributed by atoms with Crippen LogP contribution in [0.2, 0.25) is 0 Å². The number of rotatable bonds is 8. The monoisotopic (exact) mass is 449 g/mol. The van der Waals surface area contributed by atoms with Gasteiger partial charge in [0.2, 0.25) is 5.91 Å². The number of nitrogens with one attached hydrogen (secondary N) is 1. The first-order valence-corrected chi connectivity index (χ1v) is 13.1. The summed E-state index contributed by atoms with van der Waals surface area (Å²) >= 11 is 0. The fraction of sp³-hybridized carbons (Fsp3) is 0.652. The SMILES string of the molecule is CN(C)CCCN(C(=O)c1cccc(NC(=O)C2CCCCC2)c1)[C@H]1CCS(=O)(=O)C1. The molecule has 1 heterocycles. The van der Waals surface area contributed by atoms with Gasteiger partial charge in [-0.3, -0.25) is 9.59 Å². The van der Waals surface area contributed by atoms with Crippen molar-refractivity contribution < 1.29 is 18.0 Å². The number of carbonyl (C=O) groups excluding carboxylic acids is 2. The van der Waals surface area contributed by atoms with Crippen LogP contribution in [0.25, 0.3) is 0 Å². The highest BCUT2D eigenvalue weighted by atomic mass is 32.2. The third kappa shape index (κ3) is 6.77. The number of nitrogens with zero attached hydrogens (tertiary/aromatic N) is 2. The van der Waals surface area contributed by atoms with Crippen LogP contribution in [-0.4, -0.2) is 74.8 Å². The predicted molar refractivity (Wildman–Crippen MR) is 123 cm³/mol. The van der Waals surface area contributed by atoms with E-state index in [4.69, 9.17) is 0 Å². The van der Waals surface area contributed by atoms with Gasteiger partial charge >= 0.3 is 0 Å². The number of amides is 2. The van der Waals surface area contributed by atoms with Gasteiger partial charge in [-0.1, -0.05) is 25.3 Å². The highest BCUT2D eigenvalue weighted by molar-refractivity contribution is 7.91. The van der Waals surface area contributed by atoms with Crippen LogP contribution in [0.5, 0.6) is 0 Å². The van der Waals surface area contributed by atoms with Crippen molar-refractivity contribution in [1.82, 2.24) is 9.80 Å². The van der Waals surface area contributed by atoms with Crippen molar-refractivity contribution in [2.24, 2.45) is 5.92 Å². The molecule has 1 aromatic rings. The molecule has 7 nitrogen and oxygen atoms in total. The lowest BCUT2D eigenvalue weighted by atomic mass is 9.88. The van der Waals surface area contributed by atoms with E-state index in [1.807, 2.05) is 14.1 Å². The fourth-order valence-corrected chi connectivity index (χ4v) is 6.26. The number of hydrogen-bond acceptors (Lipinski definition) is 5. The van der Waals surface area contributed by atoms with E-state index >= 15 is 0 Å². The molecule has 0 unspecified atom stereocenters. The lowest BCUT2D eigenvalue weighted by molar-refractivity contribution is -0.120. The van der Waals surface area contributed by atoms with Gasteiger partial charge < -0.3 is 15.1 Å². The maximum Gasteiger partial charge on any atom is 0.254 e. The Morgan fingerprint density at radius 1 is 1.06 bits per heavy atom. The highest BCUT2D eigenvalue weighted by Gasteiger charge is 2.35. The van der Waals surface area contributed by atoms with Crippen LogP contribution in [-0.2, 0) is 14.6 Å². The summed E-state index contributed by atoms with van der Waals surface area (Å²) in [5, 5.41) is 2.97. The summed E-state index contributed by atoms with van der Waals surface area (Å²) in [5.41, 5.74) is 1.10. The summed E-state index contributed by atoms with van der Waals surface area (Å²) in [7, 11) is 0.858. The van der Waals surface area contributed by atoms with Crippen LogP contribution < -0.4 is 5.32 Å². The Bertz CT molecular complexity index is 879. The molecule has 0 aromatic heterocycles. The van der Waals surface area contributed by atoms with Crippen molar-refractivity contribution in [3.63, 3.8) is 0 Å². The van der Waals surface area contributed by atoms with Crippen LogP contribution >= 0.6 is 0 Å². The van der Waals surface area contributed by atoms with Gasteiger partial charge in [0.1, 0.15) is 0 Å². The van der Waals surface area contributed by atoms with Crippen LogP contribution in [0.1, 0.15) is 55.3 Å². The molecule has 172 valence electrons. The zero-order valence-electron chi connectivity index (χ0n) is 18.7. The Labute approximate surface area is 186 Å². The standard InChI is InChI=1S/C23H35N3O4S/c1-25(2)13-7-14-26(21-12-15-31(29,30)17-21)23(28)19-10-6-11-20(16-19)24-22(27)18-8-4-3-5-9-18/h6,10-11,16,18,21H,3-5,7-9,12-15,17H2,1-2H3,(H,24,27)/t21-/m0/s1. The predicted octanol–water partition coefficient (Wildman–Crippen LogP) is 2.79. The van der Waals surface area contributed by atoms with E-state index in [0.717, 1.165) is 38.6 Å². The lowest BCUT2D eigenvalue weighted by Crippen LogP contribution is -2.42. The molecule has 1 aromatic carbocycles. The zero-order chi connectivity index (χ0) is 22.4. The van der Waals surface area contributed by atoms with Gasteiger partial charge in [0.15, 0.2) is 9.84 Å². The molecular formula is C23H35N3O4S. The molecule has 8 heteroatoms. The number of benzene rings is 1. The smallest absolute Gasteiger partial charge is 0.254 e. The summed E-state index contributed by atoms with van der Waals surface area (Å²) in [6, 6.07) is 6.73. The lowest BCUT2D eigenvalue weighted by Gasteiger charge is -2.29. The molecule has 3 rings (SSSR count). The highest BCUT2D eigenvalue weighted by Crippen LogP contribution is 2.26. The van der Waals surface area contributed by atoms with E-state index in [2.05, 4.69) is 10.2 Å². The second-order valence-corrected chi connectivity index (χ2v) is 11.3. The molecule has 31 heavy (non-hydrogen) atoms. The number of sulfone groups is 1. The van der Waals surface area contributed by atoms with Gasteiger partial charge in [0.25, 0.3) is 5.91 Å². The molecule has 1 atom stereocenters. The largest absolute Gasteiger partial charge is 0.335 e. The van der Waals surface area contributed by atoms with Crippen molar-refractivity contribution in [1.29, 1.82) is 0 Å². The van der Waals surface area contributed by atoms with Gasteiger partial charge in [-0.2, -0.15) is 0 Å². The minimum Gasteiger partial charge on any atom is -0.335 e. The van der Waals surface area contributed by atoms with Crippen LogP contribution in [0.15, 0.2) is 24.3 Å². The first kappa shape index (κ1) is 23.7. The van der Waals surface area contributed by atoms with Crippen LogP contribution in [0.4, 0.5) is 5.69 Å². The molecule has 1 N–H and O–H groups in total. The van der Waals surface area contributed by atoms with Crippen LogP contribution in [0.3, 0.4) is 0 Å². The van der Waals surface area contributed by atoms with E-state index < -0.39 is 9.84 Å². The molecular weight excluding hydrogens is 414 g/mol. The maximum atomic E-state index is 13.4. The molecule has 1 saturated heterocycles.